The van der Waals surface area contributed by atoms with Crippen LogP contribution >= 0.6 is 24.0 Å². The molecule has 24 heavy (non-hydrogen) atoms. The van der Waals surface area contributed by atoms with Gasteiger partial charge in [0, 0.05) is 30.4 Å². The molecule has 0 aromatic heterocycles. The number of ketones is 1. The molecule has 130 valence electrons. The number of Topliss-reactive ketones (excluding diaryl/α,β-unsaturated/α-hetero) is 1. The lowest BCUT2D eigenvalue weighted by Crippen LogP contribution is -2.34. The van der Waals surface area contributed by atoms with Crippen LogP contribution in [0.4, 0.5) is 18.9 Å². The average molecular weight is 378 g/mol. The minimum absolute atomic E-state index is 0. The van der Waals surface area contributed by atoms with Crippen molar-refractivity contribution in [3.05, 3.63) is 64.7 Å². The van der Waals surface area contributed by atoms with Gasteiger partial charge in [-0.2, -0.15) is 8.78 Å². The van der Waals surface area contributed by atoms with Gasteiger partial charge < -0.3 is 4.90 Å². The third-order valence-corrected chi connectivity index (χ3v) is 3.62. The number of halogens is 5. The smallest absolute Gasteiger partial charge is 0.344 e. The van der Waals surface area contributed by atoms with Gasteiger partial charge in [-0.25, -0.2) is 4.39 Å². The quantitative estimate of drug-likeness (QED) is 0.654. The molecule has 0 spiro atoms. The standard InChI is InChI=1S/C17H15ClF3NO.ClH/c1-22(2)14-8-4-6-12(10-14)16(23)17(20,21)15(19)11-5-3-7-13(18)9-11;/h3-10,15H,1-2H3;1H. The summed E-state index contributed by atoms with van der Waals surface area (Å²) in [6.45, 7) is 0. The number of hydrogen-bond acceptors (Lipinski definition) is 2. The van der Waals surface area contributed by atoms with E-state index in [1.165, 1.54) is 36.4 Å². The second-order valence-corrected chi connectivity index (χ2v) is 5.75. The molecule has 0 saturated heterocycles. The number of anilines is 1. The van der Waals surface area contributed by atoms with Crippen LogP contribution in [0.1, 0.15) is 22.1 Å². The maximum absolute atomic E-state index is 14.3. The highest BCUT2D eigenvalue weighted by Gasteiger charge is 2.49. The summed E-state index contributed by atoms with van der Waals surface area (Å²) in [5, 5.41) is 0.128. The number of alkyl halides is 3. The van der Waals surface area contributed by atoms with Crippen LogP contribution in [0, 0.1) is 0 Å². The lowest BCUT2D eigenvalue weighted by Gasteiger charge is -2.21. The summed E-state index contributed by atoms with van der Waals surface area (Å²) in [6, 6.07) is 10.8. The Balaban J connectivity index is 0.00000288. The minimum atomic E-state index is -4.18. The van der Waals surface area contributed by atoms with Gasteiger partial charge in [-0.3, -0.25) is 4.79 Å². The van der Waals surface area contributed by atoms with Gasteiger partial charge >= 0.3 is 5.92 Å². The van der Waals surface area contributed by atoms with E-state index in [0.29, 0.717) is 5.69 Å². The summed E-state index contributed by atoms with van der Waals surface area (Å²) < 4.78 is 42.8. The molecule has 2 nitrogen and oxygen atoms in total. The molecule has 1 atom stereocenters. The molecule has 0 fully saturated rings. The van der Waals surface area contributed by atoms with Crippen molar-refractivity contribution in [2.24, 2.45) is 0 Å². The number of nitrogens with zero attached hydrogens (tertiary/aromatic N) is 1. The Morgan fingerprint density at radius 1 is 1.12 bits per heavy atom. The van der Waals surface area contributed by atoms with Crippen molar-refractivity contribution >= 4 is 35.5 Å². The molecule has 0 N–H and O–H groups in total. The summed E-state index contributed by atoms with van der Waals surface area (Å²) in [5.74, 6) is -5.75. The van der Waals surface area contributed by atoms with Gasteiger partial charge in [-0.1, -0.05) is 35.9 Å². The largest absolute Gasteiger partial charge is 0.378 e. The number of carbonyl (C=O) groups excluding carboxylic acids is 1. The Morgan fingerprint density at radius 2 is 1.75 bits per heavy atom. The van der Waals surface area contributed by atoms with E-state index in [9.17, 15) is 18.0 Å². The number of carbonyl (C=O) groups is 1. The predicted molar refractivity (Wildman–Crippen MR) is 92.6 cm³/mol. The fourth-order valence-corrected chi connectivity index (χ4v) is 2.31. The van der Waals surface area contributed by atoms with Crippen LogP contribution in [-0.2, 0) is 0 Å². The Hall–Kier alpha value is -1.72. The molecular weight excluding hydrogens is 362 g/mol. The van der Waals surface area contributed by atoms with Crippen molar-refractivity contribution in [2.45, 2.75) is 12.1 Å². The number of benzene rings is 2. The Bertz CT molecular complexity index is 722. The fourth-order valence-electron chi connectivity index (χ4n) is 2.11. The third-order valence-electron chi connectivity index (χ3n) is 3.39. The Labute approximate surface area is 149 Å². The van der Waals surface area contributed by atoms with Crippen LogP contribution in [0.3, 0.4) is 0 Å². The molecule has 0 amide bonds. The van der Waals surface area contributed by atoms with E-state index in [1.54, 1.807) is 25.1 Å². The molecule has 0 aliphatic carbocycles. The molecule has 2 aromatic rings. The summed E-state index contributed by atoms with van der Waals surface area (Å²) in [4.78, 5) is 13.8. The lowest BCUT2D eigenvalue weighted by molar-refractivity contribution is -0.0449. The molecular formula is C17H16Cl2F3NO. The summed E-state index contributed by atoms with van der Waals surface area (Å²) >= 11 is 5.69. The highest BCUT2D eigenvalue weighted by Crippen LogP contribution is 2.38. The molecule has 0 aliphatic rings. The highest BCUT2D eigenvalue weighted by atomic mass is 35.5. The van der Waals surface area contributed by atoms with Gasteiger partial charge in [0.25, 0.3) is 0 Å². The van der Waals surface area contributed by atoms with Crippen molar-refractivity contribution in [1.82, 2.24) is 0 Å². The van der Waals surface area contributed by atoms with E-state index in [1.807, 2.05) is 0 Å². The van der Waals surface area contributed by atoms with Crippen molar-refractivity contribution < 1.29 is 18.0 Å². The van der Waals surface area contributed by atoms with Crippen molar-refractivity contribution in [1.29, 1.82) is 0 Å². The molecule has 0 saturated carbocycles. The summed E-state index contributed by atoms with van der Waals surface area (Å²) in [7, 11) is 3.43. The first kappa shape index (κ1) is 20.3. The first-order chi connectivity index (χ1) is 10.7. The van der Waals surface area contributed by atoms with E-state index in [4.69, 9.17) is 11.6 Å². The molecule has 7 heteroatoms. The van der Waals surface area contributed by atoms with Crippen LogP contribution in [0.25, 0.3) is 0 Å². The van der Waals surface area contributed by atoms with Gasteiger partial charge in [-0.15, -0.1) is 12.4 Å². The number of rotatable bonds is 5. The van der Waals surface area contributed by atoms with Gasteiger partial charge in [0.05, 0.1) is 0 Å². The molecule has 0 heterocycles. The van der Waals surface area contributed by atoms with Crippen molar-refractivity contribution in [2.75, 3.05) is 19.0 Å². The second kappa shape index (κ2) is 7.90. The maximum atomic E-state index is 14.3. The van der Waals surface area contributed by atoms with Gasteiger partial charge in [0.15, 0.2) is 6.17 Å². The Morgan fingerprint density at radius 3 is 2.33 bits per heavy atom. The first-order valence-electron chi connectivity index (χ1n) is 6.83. The van der Waals surface area contributed by atoms with Crippen LogP contribution in [0.5, 0.6) is 0 Å². The summed E-state index contributed by atoms with van der Waals surface area (Å²) in [6.07, 6.45) is -2.77. The zero-order valence-corrected chi connectivity index (χ0v) is 14.5. The first-order valence-corrected chi connectivity index (χ1v) is 7.21. The lowest BCUT2D eigenvalue weighted by atomic mass is 9.97. The van der Waals surface area contributed by atoms with Crippen molar-refractivity contribution in [3.63, 3.8) is 0 Å². The fraction of sp³-hybridized carbons (Fsp3) is 0.235. The third kappa shape index (κ3) is 4.22. The normalized spacial score (nSPS) is 12.2. The van der Waals surface area contributed by atoms with Gasteiger partial charge in [-0.05, 0) is 29.8 Å². The van der Waals surface area contributed by atoms with Crippen LogP contribution in [0.15, 0.2) is 48.5 Å². The van der Waals surface area contributed by atoms with E-state index < -0.39 is 17.9 Å². The van der Waals surface area contributed by atoms with Gasteiger partial charge in [0.1, 0.15) is 0 Å². The van der Waals surface area contributed by atoms with Crippen LogP contribution in [0.2, 0.25) is 5.02 Å². The number of hydrogen-bond donors (Lipinski definition) is 0. The molecule has 2 aromatic carbocycles. The van der Waals surface area contributed by atoms with Crippen LogP contribution in [-0.4, -0.2) is 25.8 Å². The molecule has 0 bridgehead atoms. The minimum Gasteiger partial charge on any atom is -0.378 e. The van der Waals surface area contributed by atoms with Gasteiger partial charge in [0.2, 0.25) is 5.78 Å². The maximum Gasteiger partial charge on any atom is 0.344 e. The molecule has 0 aliphatic heterocycles. The molecule has 1 unspecified atom stereocenters. The Kier molecular flexibility index (Phi) is 6.69. The van der Waals surface area contributed by atoms with E-state index in [2.05, 4.69) is 0 Å². The monoisotopic (exact) mass is 377 g/mol. The van der Waals surface area contributed by atoms with E-state index in [-0.39, 0.29) is 28.6 Å². The average Bonchev–Trinajstić information content (AvgIpc) is 2.53. The second-order valence-electron chi connectivity index (χ2n) is 5.31. The summed E-state index contributed by atoms with van der Waals surface area (Å²) in [5.41, 5.74) is -0.00435. The zero-order valence-electron chi connectivity index (χ0n) is 13.0. The van der Waals surface area contributed by atoms with Crippen molar-refractivity contribution in [3.8, 4) is 0 Å². The molecule has 0 radical (unpaired) electrons. The predicted octanol–water partition coefficient (Wildman–Crippen LogP) is 5.36. The highest BCUT2D eigenvalue weighted by molar-refractivity contribution is 6.30. The topological polar surface area (TPSA) is 20.3 Å². The van der Waals surface area contributed by atoms with E-state index >= 15 is 0 Å². The molecule has 2 rings (SSSR count). The van der Waals surface area contributed by atoms with E-state index in [0.717, 1.165) is 6.07 Å². The zero-order chi connectivity index (χ0) is 17.2. The SMILES string of the molecule is CN(C)c1cccc(C(=O)C(F)(F)C(F)c2cccc(Cl)c2)c1.Cl. The van der Waals surface area contributed by atoms with Crippen LogP contribution < -0.4 is 4.90 Å².